The Bertz CT molecular complexity index is 448. The Kier molecular flexibility index (Phi) is 3.19. The number of nitrogens with one attached hydrogen (secondary N) is 1. The Morgan fingerprint density at radius 3 is 2.69 bits per heavy atom. The molecule has 1 aromatic heterocycles. The van der Waals surface area contributed by atoms with Gasteiger partial charge in [-0.2, -0.15) is 5.10 Å². The molecule has 4 heteroatoms. The van der Waals surface area contributed by atoms with Crippen molar-refractivity contribution >= 4 is 5.69 Å². The molecule has 1 N–H and O–H groups in total. The Labute approximate surface area is 93.9 Å². The fourth-order valence-electron chi connectivity index (χ4n) is 1.43. The van der Waals surface area contributed by atoms with E-state index in [1.54, 1.807) is 18.3 Å². The molecule has 2 rings (SSSR count). The summed E-state index contributed by atoms with van der Waals surface area (Å²) < 4.78 is 14.5. The third-order valence-electron chi connectivity index (χ3n) is 2.37. The second-order valence-electron chi connectivity index (χ2n) is 3.56. The maximum Gasteiger partial charge on any atom is 0.123 e. The number of halogens is 1. The highest BCUT2D eigenvalue weighted by Crippen LogP contribution is 2.08. The van der Waals surface area contributed by atoms with E-state index in [4.69, 9.17) is 0 Å². The van der Waals surface area contributed by atoms with Crippen molar-refractivity contribution in [2.45, 2.75) is 20.0 Å². The quantitative estimate of drug-likeness (QED) is 0.856. The summed E-state index contributed by atoms with van der Waals surface area (Å²) >= 11 is 0. The van der Waals surface area contributed by atoms with E-state index in [-0.39, 0.29) is 5.82 Å². The maximum atomic E-state index is 12.7. The van der Waals surface area contributed by atoms with E-state index in [1.807, 2.05) is 17.8 Å². The third kappa shape index (κ3) is 2.59. The largest absolute Gasteiger partial charge is 0.378 e. The van der Waals surface area contributed by atoms with E-state index in [0.29, 0.717) is 6.54 Å². The minimum atomic E-state index is -0.206. The Morgan fingerprint density at radius 1 is 1.31 bits per heavy atom. The second kappa shape index (κ2) is 4.79. The minimum Gasteiger partial charge on any atom is -0.378 e. The van der Waals surface area contributed by atoms with Gasteiger partial charge in [-0.05, 0) is 24.6 Å². The summed E-state index contributed by atoms with van der Waals surface area (Å²) in [6, 6.07) is 6.47. The lowest BCUT2D eigenvalue weighted by atomic mass is 10.2. The topological polar surface area (TPSA) is 29.9 Å². The van der Waals surface area contributed by atoms with Gasteiger partial charge in [-0.25, -0.2) is 4.39 Å². The van der Waals surface area contributed by atoms with Crippen molar-refractivity contribution in [3.8, 4) is 0 Å². The van der Waals surface area contributed by atoms with Gasteiger partial charge in [0.1, 0.15) is 5.82 Å². The molecule has 0 unspecified atom stereocenters. The number of aromatic nitrogens is 2. The first kappa shape index (κ1) is 10.7. The van der Waals surface area contributed by atoms with Crippen LogP contribution in [-0.4, -0.2) is 9.78 Å². The van der Waals surface area contributed by atoms with Crippen LogP contribution in [0.15, 0.2) is 36.7 Å². The Morgan fingerprint density at radius 2 is 2.06 bits per heavy atom. The molecule has 0 aliphatic rings. The Balaban J connectivity index is 1.94. The van der Waals surface area contributed by atoms with Crippen molar-refractivity contribution in [2.75, 3.05) is 5.32 Å². The molecule has 0 radical (unpaired) electrons. The lowest BCUT2D eigenvalue weighted by molar-refractivity contribution is 0.627. The van der Waals surface area contributed by atoms with E-state index in [9.17, 15) is 4.39 Å². The molecule has 0 saturated carbocycles. The van der Waals surface area contributed by atoms with E-state index in [0.717, 1.165) is 17.8 Å². The normalized spacial score (nSPS) is 10.4. The van der Waals surface area contributed by atoms with Crippen LogP contribution in [0.4, 0.5) is 10.1 Å². The van der Waals surface area contributed by atoms with Gasteiger partial charge in [0.2, 0.25) is 0 Å². The van der Waals surface area contributed by atoms with Crippen molar-refractivity contribution in [3.05, 3.63) is 48.0 Å². The van der Waals surface area contributed by atoms with Gasteiger partial charge in [0, 0.05) is 19.3 Å². The number of hydrogen-bond donors (Lipinski definition) is 1. The average molecular weight is 219 g/mol. The SMILES string of the molecule is CCn1cc(NCc2ccc(F)cc2)cn1. The van der Waals surface area contributed by atoms with E-state index >= 15 is 0 Å². The Hall–Kier alpha value is -1.84. The molecule has 2 aromatic rings. The standard InChI is InChI=1S/C12H14FN3/c1-2-16-9-12(8-15-16)14-7-10-3-5-11(13)6-4-10/h3-6,8-9,14H,2,7H2,1H3. The predicted molar refractivity (Wildman–Crippen MR) is 61.6 cm³/mol. The molecule has 84 valence electrons. The highest BCUT2D eigenvalue weighted by atomic mass is 19.1. The predicted octanol–water partition coefficient (Wildman–Crippen LogP) is 2.65. The highest BCUT2D eigenvalue weighted by molar-refractivity contribution is 5.39. The molecule has 0 saturated heterocycles. The summed E-state index contributed by atoms with van der Waals surface area (Å²) in [5, 5.41) is 7.38. The van der Waals surface area contributed by atoms with Crippen molar-refractivity contribution in [2.24, 2.45) is 0 Å². The van der Waals surface area contributed by atoms with Crippen LogP contribution < -0.4 is 5.32 Å². The zero-order valence-electron chi connectivity index (χ0n) is 9.15. The molecule has 0 bridgehead atoms. The number of anilines is 1. The minimum absolute atomic E-state index is 0.206. The lowest BCUT2D eigenvalue weighted by Gasteiger charge is -2.03. The monoisotopic (exact) mass is 219 g/mol. The van der Waals surface area contributed by atoms with Crippen LogP contribution in [-0.2, 0) is 13.1 Å². The molecule has 0 aliphatic carbocycles. The van der Waals surface area contributed by atoms with Crippen molar-refractivity contribution in [1.29, 1.82) is 0 Å². The summed E-state index contributed by atoms with van der Waals surface area (Å²) in [7, 11) is 0. The molecule has 1 heterocycles. The lowest BCUT2D eigenvalue weighted by Crippen LogP contribution is -1.98. The van der Waals surface area contributed by atoms with Crippen LogP contribution in [0.1, 0.15) is 12.5 Å². The van der Waals surface area contributed by atoms with Gasteiger partial charge in [0.15, 0.2) is 0 Å². The second-order valence-corrected chi connectivity index (χ2v) is 3.56. The van der Waals surface area contributed by atoms with Crippen LogP contribution in [0.2, 0.25) is 0 Å². The molecule has 0 spiro atoms. The molecular weight excluding hydrogens is 205 g/mol. The van der Waals surface area contributed by atoms with Gasteiger partial charge in [0.25, 0.3) is 0 Å². The fourth-order valence-corrected chi connectivity index (χ4v) is 1.43. The van der Waals surface area contributed by atoms with Crippen LogP contribution in [0.3, 0.4) is 0 Å². The zero-order valence-corrected chi connectivity index (χ0v) is 9.15. The number of rotatable bonds is 4. The van der Waals surface area contributed by atoms with E-state index < -0.39 is 0 Å². The summed E-state index contributed by atoms with van der Waals surface area (Å²) in [5.74, 6) is -0.206. The van der Waals surface area contributed by atoms with Crippen LogP contribution in [0.5, 0.6) is 0 Å². The molecule has 0 amide bonds. The third-order valence-corrected chi connectivity index (χ3v) is 2.37. The molecule has 16 heavy (non-hydrogen) atoms. The number of nitrogens with zero attached hydrogens (tertiary/aromatic N) is 2. The van der Waals surface area contributed by atoms with Gasteiger partial charge in [-0.3, -0.25) is 4.68 Å². The number of hydrogen-bond acceptors (Lipinski definition) is 2. The van der Waals surface area contributed by atoms with Gasteiger partial charge >= 0.3 is 0 Å². The van der Waals surface area contributed by atoms with Crippen LogP contribution in [0, 0.1) is 5.82 Å². The molecule has 3 nitrogen and oxygen atoms in total. The summed E-state index contributed by atoms with van der Waals surface area (Å²) in [6.07, 6.45) is 3.73. The first-order chi connectivity index (χ1) is 7.78. The first-order valence-electron chi connectivity index (χ1n) is 5.28. The van der Waals surface area contributed by atoms with Crippen LogP contribution in [0.25, 0.3) is 0 Å². The number of benzene rings is 1. The van der Waals surface area contributed by atoms with Crippen molar-refractivity contribution in [1.82, 2.24) is 9.78 Å². The van der Waals surface area contributed by atoms with Gasteiger partial charge < -0.3 is 5.32 Å². The van der Waals surface area contributed by atoms with Gasteiger partial charge in [-0.1, -0.05) is 12.1 Å². The highest BCUT2D eigenvalue weighted by Gasteiger charge is 1.97. The summed E-state index contributed by atoms with van der Waals surface area (Å²) in [5.41, 5.74) is 2.02. The van der Waals surface area contributed by atoms with Gasteiger partial charge in [0.05, 0.1) is 11.9 Å². The molecule has 1 aromatic carbocycles. The van der Waals surface area contributed by atoms with Crippen molar-refractivity contribution < 1.29 is 4.39 Å². The van der Waals surface area contributed by atoms with Crippen LogP contribution >= 0.6 is 0 Å². The maximum absolute atomic E-state index is 12.7. The molecule has 0 aliphatic heterocycles. The number of aryl methyl sites for hydroxylation is 1. The van der Waals surface area contributed by atoms with E-state index in [2.05, 4.69) is 10.4 Å². The fraction of sp³-hybridized carbons (Fsp3) is 0.250. The summed E-state index contributed by atoms with van der Waals surface area (Å²) in [4.78, 5) is 0. The molecular formula is C12H14FN3. The summed E-state index contributed by atoms with van der Waals surface area (Å²) in [6.45, 7) is 3.57. The van der Waals surface area contributed by atoms with Gasteiger partial charge in [-0.15, -0.1) is 0 Å². The zero-order chi connectivity index (χ0) is 11.4. The smallest absolute Gasteiger partial charge is 0.123 e. The van der Waals surface area contributed by atoms with Crippen molar-refractivity contribution in [3.63, 3.8) is 0 Å². The van der Waals surface area contributed by atoms with E-state index in [1.165, 1.54) is 12.1 Å². The molecule has 0 atom stereocenters. The molecule has 0 fully saturated rings. The average Bonchev–Trinajstić information content (AvgIpc) is 2.76. The first-order valence-corrected chi connectivity index (χ1v) is 5.28.